The van der Waals surface area contributed by atoms with Gasteiger partial charge in [0.1, 0.15) is 5.75 Å². The van der Waals surface area contributed by atoms with Crippen molar-refractivity contribution in [2.75, 3.05) is 0 Å². The van der Waals surface area contributed by atoms with E-state index in [1.54, 1.807) is 6.07 Å². The monoisotopic (exact) mass is 192 g/mol. The fraction of sp³-hybridized carbons (Fsp3) is 0. The van der Waals surface area contributed by atoms with Crippen LogP contribution in [0.3, 0.4) is 0 Å². The molecule has 0 bridgehead atoms. The van der Waals surface area contributed by atoms with Crippen LogP contribution in [-0.2, 0) is 0 Å². The number of phenolic OH excluding ortho intramolecular Hbond substituents is 1. The number of benzene rings is 2. The summed E-state index contributed by atoms with van der Waals surface area (Å²) in [5, 5.41) is 11.4. The van der Waals surface area contributed by atoms with Crippen molar-refractivity contribution in [2.45, 2.75) is 0 Å². The Kier molecular flexibility index (Phi) is 6.31. The minimum Gasteiger partial charge on any atom is -1.00 e. The third-order valence-electron chi connectivity index (χ3n) is 1.77. The molecule has 0 unspecified atom stereocenters. The van der Waals surface area contributed by atoms with Gasteiger partial charge in [0, 0.05) is 5.39 Å². The maximum Gasteiger partial charge on any atom is 1.00 e. The molecule has 0 heterocycles. The first kappa shape index (κ1) is 13.5. The van der Waals surface area contributed by atoms with Crippen molar-refractivity contribution in [3.05, 3.63) is 42.5 Å². The molecule has 0 saturated heterocycles. The summed E-state index contributed by atoms with van der Waals surface area (Å²) in [6.45, 7) is 0. The van der Waals surface area contributed by atoms with Crippen LogP contribution in [-0.4, -0.2) is 5.11 Å². The predicted octanol–water partition coefficient (Wildman–Crippen LogP) is -3.22. The van der Waals surface area contributed by atoms with Crippen molar-refractivity contribution >= 4 is 10.8 Å². The smallest absolute Gasteiger partial charge is 1.00 e. The van der Waals surface area contributed by atoms with E-state index < -0.39 is 0 Å². The first-order valence-electron chi connectivity index (χ1n) is 3.54. The zero-order valence-electron chi connectivity index (χ0n) is 9.99. The second-order valence-electron chi connectivity index (χ2n) is 2.50. The largest absolute Gasteiger partial charge is 1.00 e. The molecule has 0 spiro atoms. The molecule has 1 nitrogen and oxygen atoms in total. The molecule has 0 aliphatic heterocycles. The van der Waals surface area contributed by atoms with Gasteiger partial charge < -0.3 is 7.96 Å². The van der Waals surface area contributed by atoms with Gasteiger partial charge in [-0.15, -0.1) is 0 Å². The molecule has 3 heteroatoms. The number of hydrogen-bond acceptors (Lipinski definition) is 1. The van der Waals surface area contributed by atoms with E-state index in [4.69, 9.17) is 0 Å². The average molecular weight is 192 g/mol. The van der Waals surface area contributed by atoms with Crippen molar-refractivity contribution < 1.29 is 67.1 Å². The molecular weight excluding hydrogens is 182 g/mol. The van der Waals surface area contributed by atoms with Crippen LogP contribution in [0.25, 0.3) is 10.8 Å². The molecular formula is C10H10Na2O. The first-order chi connectivity index (χ1) is 5.38. The van der Waals surface area contributed by atoms with Gasteiger partial charge in [-0.1, -0.05) is 36.4 Å². The number of fused-ring (bicyclic) bond motifs is 1. The van der Waals surface area contributed by atoms with Crippen LogP contribution in [0.2, 0.25) is 0 Å². The Labute approximate surface area is 125 Å². The molecule has 2 aromatic rings. The van der Waals surface area contributed by atoms with Gasteiger partial charge in [0.25, 0.3) is 0 Å². The summed E-state index contributed by atoms with van der Waals surface area (Å²) in [7, 11) is 0. The fourth-order valence-corrected chi connectivity index (χ4v) is 1.21. The van der Waals surface area contributed by atoms with Crippen LogP contribution in [0.4, 0.5) is 0 Å². The van der Waals surface area contributed by atoms with E-state index in [0.717, 1.165) is 10.8 Å². The molecule has 0 amide bonds. The van der Waals surface area contributed by atoms with Crippen molar-refractivity contribution in [1.29, 1.82) is 0 Å². The summed E-state index contributed by atoms with van der Waals surface area (Å²) < 4.78 is 0. The first-order valence-corrected chi connectivity index (χ1v) is 3.54. The molecule has 0 radical (unpaired) electrons. The molecule has 0 aliphatic rings. The van der Waals surface area contributed by atoms with E-state index >= 15 is 0 Å². The van der Waals surface area contributed by atoms with Crippen molar-refractivity contribution in [2.24, 2.45) is 0 Å². The Balaban J connectivity index is -0.000000360. The Morgan fingerprint density at radius 1 is 0.846 bits per heavy atom. The summed E-state index contributed by atoms with van der Waals surface area (Å²) in [6, 6.07) is 13.3. The van der Waals surface area contributed by atoms with E-state index in [-0.39, 0.29) is 62.0 Å². The molecule has 0 aliphatic carbocycles. The van der Waals surface area contributed by atoms with E-state index in [0.29, 0.717) is 5.75 Å². The standard InChI is InChI=1S/C10H8O.2Na.2H/c11-10-7-3-5-8-4-1-2-6-9(8)10;;;;/h1-7,11H;;;;/q;2*+1;2*-1. The molecule has 1 N–H and O–H groups in total. The second kappa shape index (κ2) is 6.07. The summed E-state index contributed by atoms with van der Waals surface area (Å²) in [6.07, 6.45) is 0. The minimum absolute atomic E-state index is 0. The Morgan fingerprint density at radius 2 is 1.46 bits per heavy atom. The normalized spacial score (nSPS) is 8.62. The van der Waals surface area contributed by atoms with Crippen molar-refractivity contribution in [3.63, 3.8) is 0 Å². The van der Waals surface area contributed by atoms with Gasteiger partial charge in [0.05, 0.1) is 0 Å². The SMILES string of the molecule is Oc1cccc2ccccc12.[H-].[H-].[Na+].[Na+]. The van der Waals surface area contributed by atoms with Crippen molar-refractivity contribution in [1.82, 2.24) is 0 Å². The van der Waals surface area contributed by atoms with Crippen molar-refractivity contribution in [3.8, 4) is 5.75 Å². The molecule has 2 aromatic carbocycles. The van der Waals surface area contributed by atoms with Crippen LogP contribution in [0.5, 0.6) is 5.75 Å². The number of phenols is 1. The third-order valence-corrected chi connectivity index (χ3v) is 1.77. The fourth-order valence-electron chi connectivity index (χ4n) is 1.21. The molecule has 0 atom stereocenters. The second-order valence-corrected chi connectivity index (χ2v) is 2.50. The van der Waals surface area contributed by atoms with Crippen LogP contribution in [0.1, 0.15) is 2.85 Å². The minimum atomic E-state index is 0. The van der Waals surface area contributed by atoms with E-state index in [2.05, 4.69) is 0 Å². The van der Waals surface area contributed by atoms with Gasteiger partial charge in [-0.3, -0.25) is 0 Å². The Morgan fingerprint density at radius 3 is 2.15 bits per heavy atom. The summed E-state index contributed by atoms with van der Waals surface area (Å²) in [4.78, 5) is 0. The number of aromatic hydroxyl groups is 1. The van der Waals surface area contributed by atoms with Crippen LogP contribution >= 0.6 is 0 Å². The maximum absolute atomic E-state index is 9.37. The molecule has 58 valence electrons. The molecule has 0 aromatic heterocycles. The zero-order valence-corrected chi connectivity index (χ0v) is 12.0. The van der Waals surface area contributed by atoms with E-state index in [1.165, 1.54) is 0 Å². The van der Waals surface area contributed by atoms with Gasteiger partial charge >= 0.3 is 59.1 Å². The Hall–Kier alpha value is 0.500. The number of rotatable bonds is 0. The molecule has 2 rings (SSSR count). The van der Waals surface area contributed by atoms with Gasteiger partial charge in [-0.05, 0) is 11.5 Å². The van der Waals surface area contributed by atoms with E-state index in [1.807, 2.05) is 36.4 Å². The maximum atomic E-state index is 9.37. The number of hydrogen-bond donors (Lipinski definition) is 1. The van der Waals surface area contributed by atoms with Crippen LogP contribution in [0.15, 0.2) is 42.5 Å². The van der Waals surface area contributed by atoms with Gasteiger partial charge in [-0.2, -0.15) is 0 Å². The topological polar surface area (TPSA) is 20.2 Å². The summed E-state index contributed by atoms with van der Waals surface area (Å²) in [5.74, 6) is 0.350. The summed E-state index contributed by atoms with van der Waals surface area (Å²) >= 11 is 0. The van der Waals surface area contributed by atoms with E-state index in [9.17, 15) is 5.11 Å². The molecule has 0 fully saturated rings. The third kappa shape index (κ3) is 2.98. The molecule has 0 saturated carbocycles. The Bertz CT molecular complexity index is 391. The quantitative estimate of drug-likeness (QED) is 0.435. The zero-order chi connectivity index (χ0) is 7.68. The average Bonchev–Trinajstić information content (AvgIpc) is 2.06. The van der Waals surface area contributed by atoms with Gasteiger partial charge in [0.2, 0.25) is 0 Å². The predicted molar refractivity (Wildman–Crippen MR) is 47.8 cm³/mol. The molecule has 13 heavy (non-hydrogen) atoms. The van der Waals surface area contributed by atoms with Gasteiger partial charge in [0.15, 0.2) is 0 Å². The summed E-state index contributed by atoms with van der Waals surface area (Å²) in [5.41, 5.74) is 0. The van der Waals surface area contributed by atoms with Crippen LogP contribution in [0, 0.1) is 0 Å². The van der Waals surface area contributed by atoms with Gasteiger partial charge in [-0.25, -0.2) is 0 Å². The van der Waals surface area contributed by atoms with Crippen LogP contribution < -0.4 is 59.1 Å².